The van der Waals surface area contributed by atoms with Crippen LogP contribution in [0.3, 0.4) is 0 Å². The standard InChI is InChI=1S/C15H15N3O/c1-11(18-13-8-5-9-17-15(13)16)10-14(19)12-6-3-2-4-7-12/h2-10,18H,1H3,(H2,16,17)/b11-10+. The Hall–Kier alpha value is -2.62. The van der Waals surface area contributed by atoms with Crippen LogP contribution in [-0.4, -0.2) is 10.8 Å². The lowest BCUT2D eigenvalue weighted by Gasteiger charge is -2.08. The van der Waals surface area contributed by atoms with Gasteiger partial charge in [-0.2, -0.15) is 0 Å². The van der Waals surface area contributed by atoms with E-state index >= 15 is 0 Å². The van der Waals surface area contributed by atoms with E-state index in [9.17, 15) is 4.79 Å². The number of nitrogens with two attached hydrogens (primary N) is 1. The van der Waals surface area contributed by atoms with E-state index in [1.807, 2.05) is 31.2 Å². The number of allylic oxidation sites excluding steroid dienone is 2. The number of aromatic nitrogens is 1. The minimum atomic E-state index is -0.0481. The smallest absolute Gasteiger partial charge is 0.187 e. The zero-order chi connectivity index (χ0) is 13.7. The first-order valence-electron chi connectivity index (χ1n) is 5.92. The summed E-state index contributed by atoms with van der Waals surface area (Å²) in [6.07, 6.45) is 3.16. The molecule has 0 atom stereocenters. The summed E-state index contributed by atoms with van der Waals surface area (Å²) >= 11 is 0. The quantitative estimate of drug-likeness (QED) is 0.649. The van der Waals surface area contributed by atoms with Crippen LogP contribution in [0.1, 0.15) is 17.3 Å². The lowest BCUT2D eigenvalue weighted by Crippen LogP contribution is -2.04. The summed E-state index contributed by atoms with van der Waals surface area (Å²) < 4.78 is 0. The Morgan fingerprint density at radius 3 is 2.63 bits per heavy atom. The highest BCUT2D eigenvalue weighted by Crippen LogP contribution is 2.16. The van der Waals surface area contributed by atoms with E-state index in [1.165, 1.54) is 0 Å². The molecule has 0 radical (unpaired) electrons. The molecule has 4 nitrogen and oxygen atoms in total. The number of anilines is 2. The summed E-state index contributed by atoms with van der Waals surface area (Å²) in [5.41, 5.74) is 7.79. The van der Waals surface area contributed by atoms with E-state index in [2.05, 4.69) is 10.3 Å². The van der Waals surface area contributed by atoms with Gasteiger partial charge in [0.1, 0.15) is 5.82 Å². The minimum Gasteiger partial charge on any atom is -0.382 e. The van der Waals surface area contributed by atoms with E-state index in [4.69, 9.17) is 5.73 Å². The molecule has 2 aromatic rings. The fraction of sp³-hybridized carbons (Fsp3) is 0.0667. The maximum atomic E-state index is 12.0. The van der Waals surface area contributed by atoms with Gasteiger partial charge in [0, 0.05) is 23.5 Å². The maximum Gasteiger partial charge on any atom is 0.187 e. The molecule has 2 rings (SSSR count). The molecule has 0 aliphatic heterocycles. The first-order valence-corrected chi connectivity index (χ1v) is 5.92. The van der Waals surface area contributed by atoms with Crippen molar-refractivity contribution in [3.63, 3.8) is 0 Å². The van der Waals surface area contributed by atoms with Gasteiger partial charge >= 0.3 is 0 Å². The zero-order valence-electron chi connectivity index (χ0n) is 10.6. The Balaban J connectivity index is 2.12. The predicted molar refractivity (Wildman–Crippen MR) is 76.8 cm³/mol. The van der Waals surface area contributed by atoms with E-state index in [-0.39, 0.29) is 5.78 Å². The summed E-state index contributed by atoms with van der Waals surface area (Å²) in [5, 5.41) is 3.06. The molecule has 0 amide bonds. The predicted octanol–water partition coefficient (Wildman–Crippen LogP) is 2.86. The third-order valence-corrected chi connectivity index (χ3v) is 2.58. The highest BCUT2D eigenvalue weighted by Gasteiger charge is 2.03. The molecular weight excluding hydrogens is 238 g/mol. The lowest BCUT2D eigenvalue weighted by atomic mass is 10.1. The molecule has 1 aromatic heterocycles. The van der Waals surface area contributed by atoms with Gasteiger partial charge in [0.05, 0.1) is 5.69 Å². The van der Waals surface area contributed by atoms with Crippen LogP contribution in [0.15, 0.2) is 60.4 Å². The molecule has 0 saturated carbocycles. The van der Waals surface area contributed by atoms with Crippen molar-refractivity contribution in [1.29, 1.82) is 0 Å². The van der Waals surface area contributed by atoms with Gasteiger partial charge < -0.3 is 11.1 Å². The Morgan fingerprint density at radius 2 is 1.95 bits per heavy atom. The second-order valence-electron chi connectivity index (χ2n) is 4.12. The van der Waals surface area contributed by atoms with Crippen molar-refractivity contribution in [2.75, 3.05) is 11.1 Å². The van der Waals surface area contributed by atoms with Crippen molar-refractivity contribution in [3.8, 4) is 0 Å². The number of nitrogens with zero attached hydrogens (tertiary/aromatic N) is 1. The second kappa shape index (κ2) is 5.82. The molecule has 0 aliphatic rings. The number of carbonyl (C=O) groups is 1. The normalized spacial score (nSPS) is 11.1. The molecule has 1 heterocycles. The van der Waals surface area contributed by atoms with Gasteiger partial charge in [-0.25, -0.2) is 4.98 Å². The second-order valence-corrected chi connectivity index (χ2v) is 4.12. The third-order valence-electron chi connectivity index (χ3n) is 2.58. The van der Waals surface area contributed by atoms with E-state index in [0.29, 0.717) is 22.8 Å². The van der Waals surface area contributed by atoms with Crippen LogP contribution in [-0.2, 0) is 0 Å². The Bertz CT molecular complexity index is 606. The number of pyridine rings is 1. The summed E-state index contributed by atoms with van der Waals surface area (Å²) in [7, 11) is 0. The summed E-state index contributed by atoms with van der Waals surface area (Å²) in [6.45, 7) is 1.81. The van der Waals surface area contributed by atoms with Crippen molar-refractivity contribution >= 4 is 17.3 Å². The average molecular weight is 253 g/mol. The van der Waals surface area contributed by atoms with Crippen molar-refractivity contribution in [2.45, 2.75) is 6.92 Å². The largest absolute Gasteiger partial charge is 0.382 e. The highest BCUT2D eigenvalue weighted by molar-refractivity contribution is 6.05. The summed E-state index contributed by atoms with van der Waals surface area (Å²) in [5.74, 6) is 0.357. The van der Waals surface area contributed by atoms with Gasteiger partial charge in [0.15, 0.2) is 5.78 Å². The van der Waals surface area contributed by atoms with Crippen LogP contribution < -0.4 is 11.1 Å². The molecule has 4 heteroatoms. The van der Waals surface area contributed by atoms with Gasteiger partial charge in [-0.3, -0.25) is 4.79 Å². The van der Waals surface area contributed by atoms with Gasteiger partial charge in [0.25, 0.3) is 0 Å². The molecular formula is C15H15N3O. The maximum absolute atomic E-state index is 12.0. The van der Waals surface area contributed by atoms with Gasteiger partial charge in [-0.1, -0.05) is 30.3 Å². The summed E-state index contributed by atoms with van der Waals surface area (Å²) in [6, 6.07) is 12.7. The van der Waals surface area contributed by atoms with Crippen LogP contribution in [0.5, 0.6) is 0 Å². The van der Waals surface area contributed by atoms with Crippen molar-refractivity contribution in [1.82, 2.24) is 4.98 Å². The van der Waals surface area contributed by atoms with Crippen molar-refractivity contribution < 1.29 is 4.79 Å². The number of rotatable bonds is 4. The van der Waals surface area contributed by atoms with Gasteiger partial charge in [0.2, 0.25) is 0 Å². The van der Waals surface area contributed by atoms with E-state index in [1.54, 1.807) is 30.5 Å². The molecule has 19 heavy (non-hydrogen) atoms. The van der Waals surface area contributed by atoms with Gasteiger partial charge in [-0.15, -0.1) is 0 Å². The molecule has 96 valence electrons. The number of carbonyl (C=O) groups excluding carboxylic acids is 1. The monoisotopic (exact) mass is 253 g/mol. The first kappa shape index (κ1) is 12.8. The number of ketones is 1. The van der Waals surface area contributed by atoms with Gasteiger partial charge in [-0.05, 0) is 19.1 Å². The number of hydrogen-bond acceptors (Lipinski definition) is 4. The van der Waals surface area contributed by atoms with Crippen LogP contribution in [0.4, 0.5) is 11.5 Å². The molecule has 0 bridgehead atoms. The Kier molecular flexibility index (Phi) is 3.93. The number of nitrogen functional groups attached to an aromatic ring is 1. The Morgan fingerprint density at radius 1 is 1.21 bits per heavy atom. The minimum absolute atomic E-state index is 0.0481. The molecule has 1 aromatic carbocycles. The molecule has 0 aliphatic carbocycles. The number of nitrogens with one attached hydrogen (secondary N) is 1. The highest BCUT2D eigenvalue weighted by atomic mass is 16.1. The summed E-state index contributed by atoms with van der Waals surface area (Å²) in [4.78, 5) is 15.9. The lowest BCUT2D eigenvalue weighted by molar-refractivity contribution is 0.104. The van der Waals surface area contributed by atoms with Crippen LogP contribution >= 0.6 is 0 Å². The van der Waals surface area contributed by atoms with E-state index in [0.717, 1.165) is 0 Å². The van der Waals surface area contributed by atoms with Crippen LogP contribution in [0, 0.1) is 0 Å². The molecule has 0 unspecified atom stereocenters. The molecule has 3 N–H and O–H groups in total. The topological polar surface area (TPSA) is 68.0 Å². The number of benzene rings is 1. The Labute approximate surface area is 112 Å². The van der Waals surface area contributed by atoms with Crippen LogP contribution in [0.25, 0.3) is 0 Å². The average Bonchev–Trinajstić information content (AvgIpc) is 2.42. The molecule has 0 saturated heterocycles. The third kappa shape index (κ3) is 3.42. The fourth-order valence-corrected chi connectivity index (χ4v) is 1.65. The SMILES string of the molecule is C/C(=C\C(=O)c1ccccc1)Nc1cccnc1N. The van der Waals surface area contributed by atoms with Crippen LogP contribution in [0.2, 0.25) is 0 Å². The van der Waals surface area contributed by atoms with Crippen molar-refractivity contribution in [2.24, 2.45) is 0 Å². The zero-order valence-corrected chi connectivity index (χ0v) is 10.6. The molecule has 0 spiro atoms. The van der Waals surface area contributed by atoms with E-state index < -0.39 is 0 Å². The number of hydrogen-bond donors (Lipinski definition) is 2. The van der Waals surface area contributed by atoms with Crippen molar-refractivity contribution in [3.05, 3.63) is 66.0 Å². The first-order chi connectivity index (χ1) is 9.16. The molecule has 0 fully saturated rings. The fourth-order valence-electron chi connectivity index (χ4n) is 1.65.